The maximum absolute atomic E-state index is 5.69. The Kier molecular flexibility index (Phi) is 7.88. The van der Waals surface area contributed by atoms with Crippen LogP contribution >= 0.6 is 12.2 Å². The van der Waals surface area contributed by atoms with Crippen molar-refractivity contribution in [1.82, 2.24) is 20.5 Å². The molecule has 7 heteroatoms. The van der Waals surface area contributed by atoms with Crippen LogP contribution in [0.2, 0.25) is 0 Å². The molecule has 1 aromatic heterocycles. The molecule has 15 heavy (non-hydrogen) atoms. The first-order chi connectivity index (χ1) is 7.24. The molecule has 6 nitrogen and oxygen atoms in total. The molecule has 0 saturated carbocycles. The van der Waals surface area contributed by atoms with Gasteiger partial charge in [-0.15, -0.1) is 0 Å². The number of hydrogen-bond donors (Lipinski definition) is 4. The lowest BCUT2D eigenvalue weighted by Gasteiger charge is -2.13. The third kappa shape index (κ3) is 5.50. The van der Waals surface area contributed by atoms with E-state index in [4.69, 9.17) is 18.1 Å². The van der Waals surface area contributed by atoms with E-state index in [0.717, 1.165) is 19.5 Å². The van der Waals surface area contributed by atoms with Gasteiger partial charge < -0.3 is 5.32 Å². The van der Waals surface area contributed by atoms with E-state index in [2.05, 4.69) is 20.5 Å². The van der Waals surface area contributed by atoms with Gasteiger partial charge in [-0.25, -0.2) is 5.84 Å². The highest BCUT2D eigenvalue weighted by molar-refractivity contribution is 7.71. The molecule has 0 saturated heterocycles. The van der Waals surface area contributed by atoms with Crippen molar-refractivity contribution in [1.29, 1.82) is 0 Å². The van der Waals surface area contributed by atoms with Gasteiger partial charge in [-0.1, -0.05) is 13.8 Å². The van der Waals surface area contributed by atoms with E-state index in [-0.39, 0.29) is 0 Å². The van der Waals surface area contributed by atoms with Crippen LogP contribution in [0, 0.1) is 4.77 Å². The minimum Gasteiger partial charge on any atom is -0.320 e. The SMILES string of the molecule is CC.CNCCCN(N)c1nc(=S)[nH][nH]1. The Balaban J connectivity index is 0.000000921. The van der Waals surface area contributed by atoms with Crippen LogP contribution in [0.3, 0.4) is 0 Å². The summed E-state index contributed by atoms with van der Waals surface area (Å²) in [5, 5.41) is 10.0. The fourth-order valence-corrected chi connectivity index (χ4v) is 1.07. The normalized spacial score (nSPS) is 9.33. The van der Waals surface area contributed by atoms with Gasteiger partial charge in [0.1, 0.15) is 0 Å². The fraction of sp³-hybridized carbons (Fsp3) is 0.750. The second kappa shape index (κ2) is 8.39. The molecule has 1 rings (SSSR count). The van der Waals surface area contributed by atoms with Crippen molar-refractivity contribution in [2.24, 2.45) is 5.84 Å². The molecule has 0 atom stereocenters. The zero-order valence-corrected chi connectivity index (χ0v) is 10.3. The van der Waals surface area contributed by atoms with Gasteiger partial charge in [0.15, 0.2) is 0 Å². The highest BCUT2D eigenvalue weighted by atomic mass is 32.1. The quantitative estimate of drug-likeness (QED) is 0.261. The number of nitrogens with two attached hydrogens (primary N) is 1. The summed E-state index contributed by atoms with van der Waals surface area (Å²) in [5.74, 6) is 6.27. The van der Waals surface area contributed by atoms with Crippen LogP contribution in [-0.2, 0) is 0 Å². The Bertz CT molecular complexity index is 293. The van der Waals surface area contributed by atoms with Gasteiger partial charge in [-0.3, -0.25) is 15.2 Å². The highest BCUT2D eigenvalue weighted by Crippen LogP contribution is 1.99. The number of aromatic amines is 2. The smallest absolute Gasteiger partial charge is 0.234 e. The van der Waals surface area contributed by atoms with E-state index >= 15 is 0 Å². The number of aromatic nitrogens is 3. The molecule has 1 heterocycles. The number of anilines is 1. The van der Waals surface area contributed by atoms with Crippen LogP contribution in [0.15, 0.2) is 0 Å². The minimum absolute atomic E-state index is 0.416. The zero-order valence-electron chi connectivity index (χ0n) is 9.50. The van der Waals surface area contributed by atoms with Crippen LogP contribution < -0.4 is 16.2 Å². The molecule has 0 aliphatic carbocycles. The second-order valence-corrected chi connectivity index (χ2v) is 3.03. The van der Waals surface area contributed by atoms with Crippen LogP contribution in [0.5, 0.6) is 0 Å². The fourth-order valence-electron chi connectivity index (χ4n) is 0.930. The number of nitrogens with one attached hydrogen (secondary N) is 3. The van der Waals surface area contributed by atoms with Gasteiger partial charge >= 0.3 is 0 Å². The Morgan fingerprint density at radius 2 is 2.13 bits per heavy atom. The molecule has 0 spiro atoms. The number of hydrazine groups is 1. The van der Waals surface area contributed by atoms with Crippen molar-refractivity contribution in [2.45, 2.75) is 20.3 Å². The summed E-state index contributed by atoms with van der Waals surface area (Å²) >= 11 is 4.80. The second-order valence-electron chi connectivity index (χ2n) is 2.64. The number of rotatable bonds is 5. The molecular formula is C8H20N6S. The predicted octanol–water partition coefficient (Wildman–Crippen LogP) is 0.783. The molecule has 5 N–H and O–H groups in total. The molecule has 0 aromatic carbocycles. The Hall–Kier alpha value is -0.920. The van der Waals surface area contributed by atoms with Crippen LogP contribution in [-0.4, -0.2) is 35.3 Å². The first kappa shape index (κ1) is 14.1. The van der Waals surface area contributed by atoms with Crippen molar-refractivity contribution in [3.63, 3.8) is 0 Å². The molecule has 0 fully saturated rings. The highest BCUT2D eigenvalue weighted by Gasteiger charge is 2.02. The molecule has 0 aliphatic heterocycles. The largest absolute Gasteiger partial charge is 0.320 e. The summed E-state index contributed by atoms with van der Waals surface area (Å²) in [4.78, 5) is 3.97. The maximum atomic E-state index is 5.69. The average molecular weight is 232 g/mol. The van der Waals surface area contributed by atoms with Gasteiger partial charge in [-0.05, 0) is 32.2 Å². The van der Waals surface area contributed by atoms with Gasteiger partial charge in [-0.2, -0.15) is 4.98 Å². The molecule has 88 valence electrons. The Morgan fingerprint density at radius 1 is 1.47 bits per heavy atom. The van der Waals surface area contributed by atoms with Crippen LogP contribution in [0.25, 0.3) is 0 Å². The summed E-state index contributed by atoms with van der Waals surface area (Å²) in [7, 11) is 1.91. The molecule has 1 aromatic rings. The third-order valence-corrected chi connectivity index (χ3v) is 1.78. The first-order valence-corrected chi connectivity index (χ1v) is 5.46. The average Bonchev–Trinajstić information content (AvgIpc) is 2.68. The number of H-pyrrole nitrogens is 2. The van der Waals surface area contributed by atoms with E-state index in [1.165, 1.54) is 5.01 Å². The van der Waals surface area contributed by atoms with E-state index in [9.17, 15) is 0 Å². The lowest BCUT2D eigenvalue weighted by Crippen LogP contribution is -2.34. The van der Waals surface area contributed by atoms with Crippen molar-refractivity contribution < 1.29 is 0 Å². The Morgan fingerprint density at radius 3 is 2.60 bits per heavy atom. The van der Waals surface area contributed by atoms with Gasteiger partial charge in [0.05, 0.1) is 0 Å². The summed E-state index contributed by atoms with van der Waals surface area (Å²) in [6, 6.07) is 0. The standard InChI is InChI=1S/C6H14N6S.C2H6/c1-8-3-2-4-12(7)5-9-6(13)11-10-5;1-2/h8H,2-4,7H2,1H3,(H2,9,10,11,13);1-2H3. The zero-order chi connectivity index (χ0) is 11.7. The molecular weight excluding hydrogens is 212 g/mol. The molecule has 0 unspecified atom stereocenters. The summed E-state index contributed by atoms with van der Waals surface area (Å²) in [5.41, 5.74) is 0. The number of nitrogens with zero attached hydrogens (tertiary/aromatic N) is 2. The van der Waals surface area contributed by atoms with E-state index in [1.807, 2.05) is 20.9 Å². The lowest BCUT2D eigenvalue weighted by atomic mass is 10.4. The van der Waals surface area contributed by atoms with Crippen LogP contribution in [0.4, 0.5) is 5.95 Å². The third-order valence-electron chi connectivity index (χ3n) is 1.59. The molecule has 0 bridgehead atoms. The van der Waals surface area contributed by atoms with E-state index < -0.39 is 0 Å². The summed E-state index contributed by atoms with van der Waals surface area (Å²) in [6.45, 7) is 5.66. The minimum atomic E-state index is 0.416. The van der Waals surface area contributed by atoms with E-state index in [1.54, 1.807) is 0 Å². The number of hydrogen-bond acceptors (Lipinski definition) is 5. The van der Waals surface area contributed by atoms with Gasteiger partial charge in [0.25, 0.3) is 0 Å². The molecule has 0 radical (unpaired) electrons. The van der Waals surface area contributed by atoms with E-state index in [0.29, 0.717) is 10.7 Å². The van der Waals surface area contributed by atoms with Crippen LogP contribution in [0.1, 0.15) is 20.3 Å². The molecule has 0 aliphatic rings. The van der Waals surface area contributed by atoms with Crippen molar-refractivity contribution in [3.8, 4) is 0 Å². The Labute approximate surface area is 95.2 Å². The maximum Gasteiger partial charge on any atom is 0.234 e. The lowest BCUT2D eigenvalue weighted by molar-refractivity contribution is 0.686. The van der Waals surface area contributed by atoms with Crippen molar-refractivity contribution in [2.75, 3.05) is 25.1 Å². The molecule has 0 amide bonds. The predicted molar refractivity (Wildman–Crippen MR) is 65.2 cm³/mol. The monoisotopic (exact) mass is 232 g/mol. The van der Waals surface area contributed by atoms with Gasteiger partial charge in [0, 0.05) is 6.54 Å². The topological polar surface area (TPSA) is 85.8 Å². The van der Waals surface area contributed by atoms with Crippen molar-refractivity contribution in [3.05, 3.63) is 4.77 Å². The summed E-state index contributed by atoms with van der Waals surface area (Å²) in [6.07, 6.45) is 0.959. The first-order valence-electron chi connectivity index (χ1n) is 5.05. The van der Waals surface area contributed by atoms with Crippen molar-refractivity contribution >= 4 is 18.2 Å². The van der Waals surface area contributed by atoms with Gasteiger partial charge in [0.2, 0.25) is 10.7 Å². The summed E-state index contributed by atoms with van der Waals surface area (Å²) < 4.78 is 0.416.